The number of halogens is 3. The van der Waals surface area contributed by atoms with Crippen molar-refractivity contribution in [2.75, 3.05) is 0 Å². The second-order valence-corrected chi connectivity index (χ2v) is 5.68. The largest absolute Gasteiger partial charge is 0.507 e. The second-order valence-electron chi connectivity index (χ2n) is 5.68. The van der Waals surface area contributed by atoms with Crippen molar-refractivity contribution >= 4 is 0 Å². The number of nitrogens with zero attached hydrogens (tertiary/aromatic N) is 1. The highest BCUT2D eigenvalue weighted by Gasteiger charge is 2.30. The minimum Gasteiger partial charge on any atom is -0.507 e. The Bertz CT molecular complexity index is 990. The van der Waals surface area contributed by atoms with Crippen LogP contribution in [0.15, 0.2) is 65.7 Å². The molecule has 0 aliphatic heterocycles. The maximum atomic E-state index is 12.9. The quantitative estimate of drug-likeness (QED) is 0.746. The smallest absolute Gasteiger partial charge is 0.416 e. The van der Waals surface area contributed by atoms with Crippen LogP contribution in [0.3, 0.4) is 0 Å². The van der Waals surface area contributed by atoms with E-state index in [9.17, 15) is 23.1 Å². The Hall–Kier alpha value is -3.02. The fraction of sp³-hybridized carbons (Fsp3) is 0.105. The molecule has 3 nitrogen and oxygen atoms in total. The average Bonchev–Trinajstić information content (AvgIpc) is 2.57. The highest BCUT2D eigenvalue weighted by atomic mass is 19.4. The van der Waals surface area contributed by atoms with E-state index in [1.807, 2.05) is 0 Å². The van der Waals surface area contributed by atoms with E-state index < -0.39 is 17.2 Å². The summed E-state index contributed by atoms with van der Waals surface area (Å²) in [5.41, 5.74) is -0.409. The number of hydrogen-bond donors (Lipinski definition) is 1. The zero-order chi connectivity index (χ0) is 18.2. The molecule has 128 valence electrons. The molecule has 0 saturated carbocycles. The molecule has 3 aromatic rings. The van der Waals surface area contributed by atoms with Crippen molar-refractivity contribution in [3.8, 4) is 28.0 Å². The van der Waals surface area contributed by atoms with Crippen LogP contribution in [0.2, 0.25) is 0 Å². The highest BCUT2D eigenvalue weighted by Crippen LogP contribution is 2.32. The summed E-state index contributed by atoms with van der Waals surface area (Å²) in [5.74, 6) is -0.0687. The van der Waals surface area contributed by atoms with Gasteiger partial charge >= 0.3 is 6.18 Å². The molecule has 25 heavy (non-hydrogen) atoms. The van der Waals surface area contributed by atoms with Crippen LogP contribution in [0.25, 0.3) is 22.3 Å². The first-order valence-corrected chi connectivity index (χ1v) is 7.43. The third-order valence-electron chi connectivity index (χ3n) is 3.85. The summed E-state index contributed by atoms with van der Waals surface area (Å²) < 4.78 is 40.4. The number of hydrogen-bond acceptors (Lipinski definition) is 2. The number of rotatable bonds is 2. The van der Waals surface area contributed by atoms with Gasteiger partial charge in [-0.3, -0.25) is 4.79 Å². The lowest BCUT2D eigenvalue weighted by Gasteiger charge is -2.12. The van der Waals surface area contributed by atoms with Crippen molar-refractivity contribution in [1.82, 2.24) is 4.57 Å². The van der Waals surface area contributed by atoms with Gasteiger partial charge in [0, 0.05) is 36.1 Å². The molecule has 1 aromatic heterocycles. The normalized spacial score (nSPS) is 11.5. The summed E-state index contributed by atoms with van der Waals surface area (Å²) in [4.78, 5) is 12.8. The van der Waals surface area contributed by atoms with E-state index in [1.165, 1.54) is 30.6 Å². The Morgan fingerprint density at radius 3 is 2.28 bits per heavy atom. The van der Waals surface area contributed by atoms with Crippen molar-refractivity contribution in [1.29, 1.82) is 0 Å². The Kier molecular flexibility index (Phi) is 4.12. The number of aromatic nitrogens is 1. The molecule has 0 atom stereocenters. The summed E-state index contributed by atoms with van der Waals surface area (Å²) >= 11 is 0. The van der Waals surface area contributed by atoms with Gasteiger partial charge in [0.25, 0.3) is 0 Å². The molecule has 1 heterocycles. The molecular formula is C19H14F3NO2. The standard InChI is InChI=1S/C19H14F3NO2/c1-23-10-15(12-5-4-6-13(9-12)19(20,21)22)18(25)16(11-23)14-7-2-3-8-17(14)24/h2-11,24H,1H3. The summed E-state index contributed by atoms with van der Waals surface area (Å²) in [6.45, 7) is 0. The zero-order valence-corrected chi connectivity index (χ0v) is 13.2. The Labute approximate surface area is 141 Å². The molecule has 3 rings (SSSR count). The fourth-order valence-electron chi connectivity index (χ4n) is 2.67. The van der Waals surface area contributed by atoms with Crippen molar-refractivity contribution in [3.05, 3.63) is 76.7 Å². The number of pyridine rings is 1. The van der Waals surface area contributed by atoms with Crippen LogP contribution in [-0.2, 0) is 13.2 Å². The topological polar surface area (TPSA) is 42.2 Å². The zero-order valence-electron chi connectivity index (χ0n) is 13.2. The van der Waals surface area contributed by atoms with Crippen LogP contribution in [0.4, 0.5) is 13.2 Å². The van der Waals surface area contributed by atoms with Crippen molar-refractivity contribution in [2.45, 2.75) is 6.18 Å². The molecule has 0 unspecified atom stereocenters. The summed E-state index contributed by atoms with van der Waals surface area (Å²) in [6, 6.07) is 11.0. The number of aromatic hydroxyl groups is 1. The number of benzene rings is 2. The van der Waals surface area contributed by atoms with E-state index in [0.717, 1.165) is 12.1 Å². The maximum Gasteiger partial charge on any atom is 0.416 e. The molecule has 0 aliphatic carbocycles. The van der Waals surface area contributed by atoms with E-state index in [-0.39, 0.29) is 22.4 Å². The van der Waals surface area contributed by atoms with Gasteiger partial charge in [0.05, 0.1) is 5.56 Å². The third kappa shape index (κ3) is 3.28. The van der Waals surface area contributed by atoms with E-state index in [0.29, 0.717) is 5.56 Å². The number of para-hydroxylation sites is 1. The Morgan fingerprint density at radius 2 is 1.60 bits per heavy atom. The Balaban J connectivity index is 2.23. The summed E-state index contributed by atoms with van der Waals surface area (Å²) in [7, 11) is 1.67. The molecule has 0 bridgehead atoms. The van der Waals surface area contributed by atoms with Gasteiger partial charge in [-0.05, 0) is 23.8 Å². The van der Waals surface area contributed by atoms with Gasteiger partial charge in [-0.1, -0.05) is 30.3 Å². The predicted molar refractivity (Wildman–Crippen MR) is 89.2 cm³/mol. The van der Waals surface area contributed by atoms with Crippen molar-refractivity contribution < 1.29 is 18.3 Å². The molecule has 0 aliphatic rings. The van der Waals surface area contributed by atoms with Gasteiger partial charge in [-0.2, -0.15) is 13.2 Å². The molecule has 6 heteroatoms. The van der Waals surface area contributed by atoms with Gasteiger partial charge in [-0.25, -0.2) is 0 Å². The third-order valence-corrected chi connectivity index (χ3v) is 3.85. The predicted octanol–water partition coefficient (Wildman–Crippen LogP) is 4.44. The number of phenolic OH excluding ortho intramolecular Hbond substituents is 1. The average molecular weight is 345 g/mol. The van der Waals surface area contributed by atoms with Crippen molar-refractivity contribution in [3.63, 3.8) is 0 Å². The molecule has 0 spiro atoms. The minimum absolute atomic E-state index is 0.0687. The van der Waals surface area contributed by atoms with Gasteiger partial charge in [0.2, 0.25) is 0 Å². The minimum atomic E-state index is -4.49. The highest BCUT2D eigenvalue weighted by molar-refractivity contribution is 5.75. The Morgan fingerprint density at radius 1 is 0.920 bits per heavy atom. The molecule has 1 N–H and O–H groups in total. The van der Waals surface area contributed by atoms with E-state index in [1.54, 1.807) is 29.8 Å². The first-order valence-electron chi connectivity index (χ1n) is 7.43. The van der Waals surface area contributed by atoms with E-state index >= 15 is 0 Å². The van der Waals surface area contributed by atoms with E-state index in [4.69, 9.17) is 0 Å². The molecule has 2 aromatic carbocycles. The van der Waals surface area contributed by atoms with Crippen LogP contribution in [0.5, 0.6) is 5.75 Å². The molecule has 0 radical (unpaired) electrons. The first-order chi connectivity index (χ1) is 11.8. The van der Waals surface area contributed by atoms with Gasteiger partial charge in [0.15, 0.2) is 5.43 Å². The van der Waals surface area contributed by atoms with Crippen molar-refractivity contribution in [2.24, 2.45) is 7.05 Å². The first kappa shape index (κ1) is 16.8. The van der Waals surface area contributed by atoms with Gasteiger partial charge in [0.1, 0.15) is 5.75 Å². The van der Waals surface area contributed by atoms with Gasteiger partial charge in [-0.15, -0.1) is 0 Å². The maximum absolute atomic E-state index is 12.9. The lowest BCUT2D eigenvalue weighted by Crippen LogP contribution is -2.12. The number of aryl methyl sites for hydroxylation is 1. The fourth-order valence-corrected chi connectivity index (χ4v) is 2.67. The van der Waals surface area contributed by atoms with Crippen LogP contribution >= 0.6 is 0 Å². The molecule has 0 fully saturated rings. The lowest BCUT2D eigenvalue weighted by molar-refractivity contribution is -0.137. The van der Waals surface area contributed by atoms with Crippen LogP contribution in [0.1, 0.15) is 5.56 Å². The SMILES string of the molecule is Cn1cc(-c2cccc(C(F)(F)F)c2)c(=O)c(-c2ccccc2O)c1. The second kappa shape index (κ2) is 6.12. The van der Waals surface area contributed by atoms with Crippen LogP contribution < -0.4 is 5.43 Å². The van der Waals surface area contributed by atoms with E-state index in [2.05, 4.69) is 0 Å². The number of alkyl halides is 3. The molecular weight excluding hydrogens is 331 g/mol. The van der Waals surface area contributed by atoms with Crippen LogP contribution in [-0.4, -0.2) is 9.67 Å². The van der Waals surface area contributed by atoms with Gasteiger partial charge < -0.3 is 9.67 Å². The lowest BCUT2D eigenvalue weighted by atomic mass is 9.99. The molecule has 0 amide bonds. The summed E-state index contributed by atoms with van der Waals surface area (Å²) in [6.07, 6.45) is -1.48. The summed E-state index contributed by atoms with van der Waals surface area (Å²) in [5, 5.41) is 9.99. The number of phenols is 1. The monoisotopic (exact) mass is 345 g/mol. The molecule has 0 saturated heterocycles. The van der Waals surface area contributed by atoms with Crippen LogP contribution in [0, 0.1) is 0 Å².